The average molecular weight is 444 g/mol. The molecule has 7 nitrogen and oxygen atoms in total. The van der Waals surface area contributed by atoms with E-state index in [4.69, 9.17) is 0 Å². The van der Waals surface area contributed by atoms with Gasteiger partial charge in [-0.05, 0) is 55.8 Å². The molecule has 2 atom stereocenters. The van der Waals surface area contributed by atoms with Gasteiger partial charge in [-0.3, -0.25) is 9.59 Å². The van der Waals surface area contributed by atoms with Crippen LogP contribution in [0.1, 0.15) is 37.0 Å². The van der Waals surface area contributed by atoms with Gasteiger partial charge in [0.2, 0.25) is 5.91 Å². The second-order valence-corrected chi connectivity index (χ2v) is 10.1. The summed E-state index contributed by atoms with van der Waals surface area (Å²) in [6.45, 7) is 8.02. The van der Waals surface area contributed by atoms with E-state index in [1.54, 1.807) is 11.8 Å². The summed E-state index contributed by atoms with van der Waals surface area (Å²) in [6, 6.07) is 9.18. The van der Waals surface area contributed by atoms with Gasteiger partial charge >= 0.3 is 0 Å². The number of thioether (sulfide) groups is 1. The second-order valence-electron chi connectivity index (χ2n) is 8.98. The molecule has 0 spiro atoms. The Kier molecular flexibility index (Phi) is 7.84. The quantitative estimate of drug-likeness (QED) is 0.671. The Hall–Kier alpha value is -2.24. The summed E-state index contributed by atoms with van der Waals surface area (Å²) in [5, 5.41) is 15.4. The van der Waals surface area contributed by atoms with E-state index >= 15 is 0 Å². The Morgan fingerprint density at radius 1 is 1.19 bits per heavy atom. The number of likely N-dealkylation sites (N-methyl/N-ethyl adjacent to an activating group) is 1. The van der Waals surface area contributed by atoms with Crippen LogP contribution in [0.4, 0.5) is 5.69 Å². The van der Waals surface area contributed by atoms with Crippen molar-refractivity contribution >= 4 is 29.3 Å². The van der Waals surface area contributed by atoms with E-state index in [9.17, 15) is 14.9 Å². The van der Waals surface area contributed by atoms with Crippen LogP contribution in [-0.2, 0) is 4.79 Å². The highest BCUT2D eigenvalue weighted by Gasteiger charge is 2.38. The summed E-state index contributed by atoms with van der Waals surface area (Å²) in [6.07, 6.45) is 1.15. The van der Waals surface area contributed by atoms with Crippen molar-refractivity contribution in [1.29, 1.82) is 5.26 Å². The second kappa shape index (κ2) is 10.4. The van der Waals surface area contributed by atoms with Crippen LogP contribution < -0.4 is 15.5 Å². The van der Waals surface area contributed by atoms with Crippen molar-refractivity contribution in [2.75, 3.05) is 49.6 Å². The Morgan fingerprint density at radius 2 is 1.87 bits per heavy atom. The molecule has 0 aliphatic carbocycles. The molecule has 3 rings (SSSR count). The summed E-state index contributed by atoms with van der Waals surface area (Å²) in [5.74, 6) is 1.13. The molecular formula is C23H33N5O2S. The molecule has 1 aromatic carbocycles. The molecule has 1 aromatic rings. The van der Waals surface area contributed by atoms with Crippen molar-refractivity contribution in [3.8, 4) is 6.07 Å². The maximum absolute atomic E-state index is 13.0. The van der Waals surface area contributed by atoms with E-state index in [0.717, 1.165) is 37.6 Å². The van der Waals surface area contributed by atoms with Crippen LogP contribution in [0.5, 0.6) is 0 Å². The van der Waals surface area contributed by atoms with Gasteiger partial charge in [-0.25, -0.2) is 0 Å². The molecule has 0 saturated carbocycles. The number of nitrogens with one attached hydrogen (secondary N) is 2. The fourth-order valence-corrected chi connectivity index (χ4v) is 5.20. The summed E-state index contributed by atoms with van der Waals surface area (Å²) in [5.41, 5.74) is 0.813. The van der Waals surface area contributed by atoms with Crippen LogP contribution in [0.15, 0.2) is 24.3 Å². The molecule has 0 radical (unpaired) electrons. The number of hydrogen-bond acceptors (Lipinski definition) is 6. The molecule has 2 saturated heterocycles. The molecule has 8 heteroatoms. The Bertz CT molecular complexity index is 806. The standard InChI is InChI=1S/C23H33N5O2S/c1-17(2)14-20(22(30)26-23(15-24)8-13-31-16-23)25-21(29)18-4-6-19(7-5-18)28-11-9-27(3)10-12-28/h4-7,17,20H,8-14,16H2,1-3H3,(H,25,29)(H,26,30)/t20-,23?/m0/s1. The molecule has 168 valence electrons. The number of nitriles is 1. The highest BCUT2D eigenvalue weighted by Crippen LogP contribution is 2.27. The lowest BCUT2D eigenvalue weighted by molar-refractivity contribution is -0.124. The highest BCUT2D eigenvalue weighted by atomic mass is 32.2. The first-order valence-electron chi connectivity index (χ1n) is 11.0. The molecule has 0 bridgehead atoms. The van der Waals surface area contributed by atoms with Gasteiger partial charge in [-0.2, -0.15) is 17.0 Å². The molecule has 2 aliphatic heterocycles. The smallest absolute Gasteiger partial charge is 0.251 e. The summed E-state index contributed by atoms with van der Waals surface area (Å²) < 4.78 is 0. The number of nitrogens with zero attached hydrogens (tertiary/aromatic N) is 3. The lowest BCUT2D eigenvalue weighted by Gasteiger charge is -2.34. The maximum atomic E-state index is 13.0. The monoisotopic (exact) mass is 443 g/mol. The topological polar surface area (TPSA) is 88.5 Å². The van der Waals surface area contributed by atoms with Crippen LogP contribution in [-0.4, -0.2) is 73.0 Å². The molecule has 2 heterocycles. The van der Waals surface area contributed by atoms with Gasteiger partial charge < -0.3 is 20.4 Å². The number of carbonyl (C=O) groups excluding carboxylic acids is 2. The molecule has 2 fully saturated rings. The van der Waals surface area contributed by atoms with E-state index in [-0.39, 0.29) is 17.7 Å². The summed E-state index contributed by atoms with van der Waals surface area (Å²) in [7, 11) is 2.12. The first-order chi connectivity index (χ1) is 14.8. The van der Waals surface area contributed by atoms with Crippen molar-refractivity contribution in [3.63, 3.8) is 0 Å². The van der Waals surface area contributed by atoms with Gasteiger partial charge in [0.15, 0.2) is 0 Å². The van der Waals surface area contributed by atoms with Crippen LogP contribution in [0, 0.1) is 17.2 Å². The molecule has 2 amide bonds. The van der Waals surface area contributed by atoms with E-state index in [2.05, 4.69) is 33.6 Å². The van der Waals surface area contributed by atoms with Crippen molar-refractivity contribution in [2.24, 2.45) is 5.92 Å². The first-order valence-corrected chi connectivity index (χ1v) is 12.1. The molecule has 0 aromatic heterocycles. The normalized spacial score (nSPS) is 22.7. The van der Waals surface area contributed by atoms with Gasteiger partial charge in [0.05, 0.1) is 6.07 Å². The van der Waals surface area contributed by atoms with E-state index < -0.39 is 11.6 Å². The van der Waals surface area contributed by atoms with Crippen molar-refractivity contribution in [3.05, 3.63) is 29.8 Å². The third kappa shape index (κ3) is 6.14. The van der Waals surface area contributed by atoms with Crippen molar-refractivity contribution < 1.29 is 9.59 Å². The minimum Gasteiger partial charge on any atom is -0.369 e. The summed E-state index contributed by atoms with van der Waals surface area (Å²) in [4.78, 5) is 30.5. The van der Waals surface area contributed by atoms with E-state index in [1.165, 1.54) is 0 Å². The van der Waals surface area contributed by atoms with Crippen LogP contribution in [0.3, 0.4) is 0 Å². The fourth-order valence-electron chi connectivity index (χ4n) is 3.94. The molecule has 2 N–H and O–H groups in total. The minimum atomic E-state index is -0.828. The van der Waals surface area contributed by atoms with Crippen LogP contribution >= 0.6 is 11.8 Å². The lowest BCUT2D eigenvalue weighted by Crippen LogP contribution is -2.55. The van der Waals surface area contributed by atoms with Gasteiger partial charge in [0.25, 0.3) is 5.91 Å². The number of hydrogen-bond donors (Lipinski definition) is 2. The zero-order chi connectivity index (χ0) is 22.4. The van der Waals surface area contributed by atoms with Crippen molar-refractivity contribution in [2.45, 2.75) is 38.3 Å². The van der Waals surface area contributed by atoms with Gasteiger partial charge in [-0.1, -0.05) is 13.8 Å². The number of amides is 2. The zero-order valence-corrected chi connectivity index (χ0v) is 19.5. The SMILES string of the molecule is CC(C)C[C@H](NC(=O)c1ccc(N2CCN(C)CC2)cc1)C(=O)NC1(C#N)CCSC1. The third-order valence-electron chi connectivity index (χ3n) is 5.92. The molecule has 2 aliphatic rings. The van der Waals surface area contributed by atoms with E-state index in [0.29, 0.717) is 24.2 Å². The highest BCUT2D eigenvalue weighted by molar-refractivity contribution is 7.99. The number of piperazine rings is 1. The Balaban J connectivity index is 1.64. The van der Waals surface area contributed by atoms with E-state index in [1.807, 2.05) is 38.1 Å². The van der Waals surface area contributed by atoms with Crippen LogP contribution in [0.2, 0.25) is 0 Å². The predicted octanol–water partition coefficient (Wildman–Crippen LogP) is 2.10. The van der Waals surface area contributed by atoms with Gasteiger partial charge in [0.1, 0.15) is 11.6 Å². The minimum absolute atomic E-state index is 0.228. The number of anilines is 1. The Morgan fingerprint density at radius 3 is 2.42 bits per heavy atom. The Labute approximate surface area is 189 Å². The maximum Gasteiger partial charge on any atom is 0.251 e. The number of carbonyl (C=O) groups is 2. The predicted molar refractivity (Wildman–Crippen MR) is 125 cm³/mol. The third-order valence-corrected chi connectivity index (χ3v) is 7.11. The molecule has 31 heavy (non-hydrogen) atoms. The molecule has 1 unspecified atom stereocenters. The van der Waals surface area contributed by atoms with Gasteiger partial charge in [0, 0.05) is 43.2 Å². The van der Waals surface area contributed by atoms with Crippen molar-refractivity contribution in [1.82, 2.24) is 15.5 Å². The summed E-state index contributed by atoms with van der Waals surface area (Å²) >= 11 is 1.67. The largest absolute Gasteiger partial charge is 0.369 e. The zero-order valence-electron chi connectivity index (χ0n) is 18.7. The van der Waals surface area contributed by atoms with Gasteiger partial charge in [-0.15, -0.1) is 0 Å². The number of benzene rings is 1. The molecular weight excluding hydrogens is 410 g/mol. The number of rotatable bonds is 7. The lowest BCUT2D eigenvalue weighted by atomic mass is 9.98. The van der Waals surface area contributed by atoms with Crippen LogP contribution in [0.25, 0.3) is 0 Å². The fraction of sp³-hybridized carbons (Fsp3) is 0.609. The average Bonchev–Trinajstić information content (AvgIpc) is 3.22. The first kappa shape index (κ1) is 23.4.